The summed E-state index contributed by atoms with van der Waals surface area (Å²) in [7, 11) is 0. The van der Waals surface area contributed by atoms with Crippen molar-refractivity contribution in [2.24, 2.45) is 0 Å². The molecule has 2 heterocycles. The number of nitrogens with one attached hydrogen (secondary N) is 3. The van der Waals surface area contributed by atoms with Crippen LogP contribution in [0.5, 0.6) is 0 Å². The number of H-pyrrole nitrogens is 1. The molecule has 0 spiro atoms. The average molecular weight is 415 g/mol. The highest BCUT2D eigenvalue weighted by molar-refractivity contribution is 5.85. The number of benzene rings is 2. The van der Waals surface area contributed by atoms with Crippen molar-refractivity contribution in [2.75, 3.05) is 6.54 Å². The van der Waals surface area contributed by atoms with E-state index in [1.54, 1.807) is 24.3 Å². The number of fused-ring (bicyclic) bond motifs is 1. The molecule has 152 valence electrons. The molecule has 1 aromatic heterocycles. The van der Waals surface area contributed by atoms with E-state index < -0.39 is 0 Å². The lowest BCUT2D eigenvalue weighted by Crippen LogP contribution is -2.43. The van der Waals surface area contributed by atoms with Crippen molar-refractivity contribution < 1.29 is 4.79 Å². The zero-order chi connectivity index (χ0) is 19.5. The van der Waals surface area contributed by atoms with Crippen molar-refractivity contribution in [3.05, 3.63) is 80.9 Å². The van der Waals surface area contributed by atoms with E-state index in [9.17, 15) is 14.4 Å². The Bertz CT molecular complexity index is 1110. The van der Waals surface area contributed by atoms with E-state index in [1.165, 1.54) is 10.2 Å². The van der Waals surface area contributed by atoms with Crippen LogP contribution in [0.15, 0.2) is 64.2 Å². The van der Waals surface area contributed by atoms with Gasteiger partial charge in [-0.05, 0) is 30.5 Å². The first-order valence-electron chi connectivity index (χ1n) is 9.44. The summed E-state index contributed by atoms with van der Waals surface area (Å²) in [6.07, 6.45) is 1.66. The third-order valence-corrected chi connectivity index (χ3v) is 5.18. The Labute approximate surface area is 173 Å². The molecule has 0 saturated carbocycles. The van der Waals surface area contributed by atoms with Crippen molar-refractivity contribution in [2.45, 2.75) is 31.5 Å². The smallest absolute Gasteiger partial charge is 0.273 e. The molecule has 0 aliphatic carbocycles. The topological polar surface area (TPSA) is 96.0 Å². The minimum absolute atomic E-state index is 0. The monoisotopic (exact) mass is 414 g/mol. The molecular weight excluding hydrogens is 392 g/mol. The number of halogens is 1. The first kappa shape index (κ1) is 20.8. The molecule has 0 bridgehead atoms. The van der Waals surface area contributed by atoms with Gasteiger partial charge in [0.1, 0.15) is 0 Å². The average Bonchev–Trinajstić information content (AvgIpc) is 3.23. The zero-order valence-electron chi connectivity index (χ0n) is 15.8. The van der Waals surface area contributed by atoms with E-state index in [2.05, 4.69) is 27.9 Å². The number of aromatic amines is 1. The van der Waals surface area contributed by atoms with E-state index in [-0.39, 0.29) is 54.6 Å². The van der Waals surface area contributed by atoms with Gasteiger partial charge in [0, 0.05) is 12.6 Å². The number of aromatic nitrogens is 2. The van der Waals surface area contributed by atoms with Crippen molar-refractivity contribution in [1.29, 1.82) is 0 Å². The Morgan fingerprint density at radius 1 is 1.00 bits per heavy atom. The summed E-state index contributed by atoms with van der Waals surface area (Å²) < 4.78 is 1.25. The summed E-state index contributed by atoms with van der Waals surface area (Å²) in [5.41, 5.74) is 0.593. The summed E-state index contributed by atoms with van der Waals surface area (Å²) in [6.45, 7) is 0.473. The molecule has 7 nitrogen and oxygen atoms in total. The van der Waals surface area contributed by atoms with Crippen LogP contribution >= 0.6 is 12.4 Å². The third-order valence-electron chi connectivity index (χ3n) is 5.18. The summed E-state index contributed by atoms with van der Waals surface area (Å²) in [5, 5.41) is 9.54. The lowest BCUT2D eigenvalue weighted by molar-refractivity contribution is -0.122. The first-order chi connectivity index (χ1) is 13.6. The summed E-state index contributed by atoms with van der Waals surface area (Å²) >= 11 is 0. The van der Waals surface area contributed by atoms with Crippen LogP contribution in [0.1, 0.15) is 24.4 Å². The molecule has 3 aromatic rings. The largest absolute Gasteiger partial charge is 0.353 e. The van der Waals surface area contributed by atoms with Gasteiger partial charge < -0.3 is 5.32 Å². The van der Waals surface area contributed by atoms with E-state index >= 15 is 0 Å². The van der Waals surface area contributed by atoms with Crippen molar-refractivity contribution in [3.8, 4) is 0 Å². The highest BCUT2D eigenvalue weighted by Crippen LogP contribution is 2.26. The van der Waals surface area contributed by atoms with Gasteiger partial charge in [-0.3, -0.25) is 24.8 Å². The summed E-state index contributed by atoms with van der Waals surface area (Å²) in [5.74, 6) is -0.0883. The fraction of sp³-hybridized carbons (Fsp3) is 0.286. The normalized spacial score (nSPS) is 18.3. The van der Waals surface area contributed by atoms with Crippen LogP contribution in [0.2, 0.25) is 0 Å². The number of nitrogens with zero attached hydrogens (tertiary/aromatic N) is 1. The van der Waals surface area contributed by atoms with Gasteiger partial charge in [-0.25, -0.2) is 4.68 Å². The van der Waals surface area contributed by atoms with Gasteiger partial charge in [0.05, 0.1) is 23.4 Å². The van der Waals surface area contributed by atoms with Gasteiger partial charge >= 0.3 is 0 Å². The molecule has 2 aromatic carbocycles. The quantitative estimate of drug-likeness (QED) is 0.592. The second kappa shape index (κ2) is 9.07. The Morgan fingerprint density at radius 2 is 1.69 bits per heavy atom. The van der Waals surface area contributed by atoms with Crippen molar-refractivity contribution >= 4 is 29.1 Å². The number of rotatable bonds is 5. The third kappa shape index (κ3) is 4.41. The second-order valence-corrected chi connectivity index (χ2v) is 6.99. The predicted octanol–water partition coefficient (Wildman–Crippen LogP) is 1.72. The number of carbonyl (C=O) groups excluding carboxylic acids is 1. The fourth-order valence-electron chi connectivity index (χ4n) is 3.72. The molecule has 8 heteroatoms. The van der Waals surface area contributed by atoms with Crippen molar-refractivity contribution in [1.82, 2.24) is 20.4 Å². The number of amides is 1. The number of hydrogen-bond donors (Lipinski definition) is 3. The van der Waals surface area contributed by atoms with Crippen LogP contribution in [0, 0.1) is 0 Å². The molecule has 1 amide bonds. The molecule has 1 saturated heterocycles. The lowest BCUT2D eigenvalue weighted by atomic mass is 10.1. The molecule has 1 fully saturated rings. The Balaban J connectivity index is 0.00000240. The molecule has 2 atom stereocenters. The molecule has 3 N–H and O–H groups in total. The van der Waals surface area contributed by atoms with E-state index in [0.717, 1.165) is 12.8 Å². The van der Waals surface area contributed by atoms with Gasteiger partial charge in [-0.15, -0.1) is 12.4 Å². The Kier molecular flexibility index (Phi) is 6.51. The zero-order valence-corrected chi connectivity index (χ0v) is 16.6. The van der Waals surface area contributed by atoms with Crippen LogP contribution in [-0.4, -0.2) is 28.3 Å². The number of hydrogen-bond acceptors (Lipinski definition) is 4. The molecule has 29 heavy (non-hydrogen) atoms. The Morgan fingerprint density at radius 3 is 2.45 bits per heavy atom. The maximum absolute atomic E-state index is 12.5. The van der Waals surface area contributed by atoms with Crippen LogP contribution in [-0.2, 0) is 11.3 Å². The first-order valence-corrected chi connectivity index (χ1v) is 9.44. The summed E-state index contributed by atoms with van der Waals surface area (Å²) in [6, 6.07) is 16.7. The molecule has 0 radical (unpaired) electrons. The van der Waals surface area contributed by atoms with Crippen LogP contribution in [0.25, 0.3) is 10.8 Å². The Hall–Kier alpha value is -2.90. The molecule has 1 aliphatic heterocycles. The highest BCUT2D eigenvalue weighted by atomic mass is 35.5. The van der Waals surface area contributed by atoms with E-state index in [1.807, 2.05) is 18.2 Å². The maximum Gasteiger partial charge on any atom is 0.273 e. The molecular formula is C21H23ClN4O3. The molecule has 4 rings (SSSR count). The van der Waals surface area contributed by atoms with Gasteiger partial charge in [-0.2, -0.15) is 0 Å². The second-order valence-electron chi connectivity index (χ2n) is 6.99. The van der Waals surface area contributed by atoms with E-state index in [0.29, 0.717) is 10.8 Å². The fourth-order valence-corrected chi connectivity index (χ4v) is 3.72. The maximum atomic E-state index is 12.5. The summed E-state index contributed by atoms with van der Waals surface area (Å²) in [4.78, 5) is 37.0. The minimum Gasteiger partial charge on any atom is -0.353 e. The van der Waals surface area contributed by atoms with Crippen LogP contribution in [0.3, 0.4) is 0 Å². The predicted molar refractivity (Wildman–Crippen MR) is 114 cm³/mol. The molecule has 1 aliphatic rings. The number of carbonyl (C=O) groups is 1. The van der Waals surface area contributed by atoms with Gasteiger partial charge in [0.2, 0.25) is 5.91 Å². The van der Waals surface area contributed by atoms with Crippen LogP contribution in [0.4, 0.5) is 0 Å². The molecule has 0 unspecified atom stereocenters. The minimum atomic E-state index is -0.315. The van der Waals surface area contributed by atoms with Gasteiger partial charge in [0.25, 0.3) is 11.1 Å². The standard InChI is InChI=1S/C21H22N4O3.ClH/c26-19-15-8-4-5-9-16(15)21(28)25(24-19)13-12-22-20(27)18-11-10-17(23-18)14-6-2-1-3-7-14;/h1-9,17-18,23H,10-13H2,(H,22,27)(H,24,26);1H/t17-,18-;/m1./s1. The van der Waals surface area contributed by atoms with Gasteiger partial charge in [0.15, 0.2) is 0 Å². The SMILES string of the molecule is Cl.O=C(NCCn1[nH]c(=O)c2ccccc2c1=O)[C@H]1CC[C@H](c2ccccc2)N1. The lowest BCUT2D eigenvalue weighted by Gasteiger charge is -2.15. The van der Waals surface area contributed by atoms with Gasteiger partial charge in [-0.1, -0.05) is 42.5 Å². The van der Waals surface area contributed by atoms with Crippen LogP contribution < -0.4 is 21.8 Å². The highest BCUT2D eigenvalue weighted by Gasteiger charge is 2.29. The van der Waals surface area contributed by atoms with E-state index in [4.69, 9.17) is 0 Å². The van der Waals surface area contributed by atoms with Crippen molar-refractivity contribution in [3.63, 3.8) is 0 Å².